The number of aliphatic carboxylic acids is 2. The molecule has 2 N–H and O–H groups in total. The van der Waals surface area contributed by atoms with Crippen molar-refractivity contribution in [3.63, 3.8) is 0 Å². The van der Waals surface area contributed by atoms with Gasteiger partial charge in [0.15, 0.2) is 5.92 Å². The van der Waals surface area contributed by atoms with Crippen LogP contribution in [0.5, 0.6) is 0 Å². The molecule has 0 atom stereocenters. The van der Waals surface area contributed by atoms with E-state index in [4.69, 9.17) is 10.2 Å². The molecule has 0 aromatic heterocycles. The number of hydrogen-bond donors (Lipinski definition) is 2. The van der Waals surface area contributed by atoms with E-state index in [2.05, 4.69) is 0 Å². The second-order valence-corrected chi connectivity index (χ2v) is 3.47. The number of rotatable bonds is 3. The first-order valence-corrected chi connectivity index (χ1v) is 5.46. The molecule has 0 aliphatic heterocycles. The van der Waals surface area contributed by atoms with Crippen molar-refractivity contribution in [2.75, 3.05) is 0 Å². The van der Waals surface area contributed by atoms with Gasteiger partial charge in [0, 0.05) is 0 Å². The van der Waals surface area contributed by atoms with E-state index >= 15 is 0 Å². The number of carboxylic acids is 2. The highest BCUT2D eigenvalue weighted by atomic mass is 16.4. The Balaban J connectivity index is 0.00000121. The maximum absolute atomic E-state index is 10.8. The lowest BCUT2D eigenvalue weighted by Crippen LogP contribution is -2.21. The number of carbonyl (C=O) groups is 2. The Morgan fingerprint density at radius 3 is 1.88 bits per heavy atom. The summed E-state index contributed by atoms with van der Waals surface area (Å²) in [4.78, 5) is 21.6. The standard InChI is InChI=1S/C11H12O4.C2H6/c1-6-3-4-8(7(2)5-6)9(10(12)13)11(14)15;1-2/h3-5,9H,1-2H3,(H,12,13)(H,14,15);1-2H3. The van der Waals surface area contributed by atoms with Gasteiger partial charge in [-0.15, -0.1) is 0 Å². The summed E-state index contributed by atoms with van der Waals surface area (Å²) in [6, 6.07) is 5.03. The van der Waals surface area contributed by atoms with E-state index in [1.807, 2.05) is 20.8 Å². The summed E-state index contributed by atoms with van der Waals surface area (Å²) in [6.07, 6.45) is 0. The second-order valence-electron chi connectivity index (χ2n) is 3.47. The minimum atomic E-state index is -1.48. The largest absolute Gasteiger partial charge is 0.480 e. The molecule has 0 saturated heterocycles. The molecule has 0 bridgehead atoms. The molecule has 0 heterocycles. The lowest BCUT2D eigenvalue weighted by molar-refractivity contribution is -0.150. The Morgan fingerprint density at radius 1 is 1.06 bits per heavy atom. The molecule has 0 fully saturated rings. The van der Waals surface area contributed by atoms with Crippen molar-refractivity contribution < 1.29 is 19.8 Å². The molecule has 0 radical (unpaired) electrons. The fourth-order valence-electron chi connectivity index (χ4n) is 1.52. The zero-order valence-electron chi connectivity index (χ0n) is 10.5. The van der Waals surface area contributed by atoms with Gasteiger partial charge in [0.05, 0.1) is 0 Å². The summed E-state index contributed by atoms with van der Waals surface area (Å²) in [6.45, 7) is 7.58. The van der Waals surface area contributed by atoms with Crippen LogP contribution in [0.25, 0.3) is 0 Å². The van der Waals surface area contributed by atoms with Gasteiger partial charge in [-0.05, 0) is 25.0 Å². The van der Waals surface area contributed by atoms with Crippen LogP contribution in [0.2, 0.25) is 0 Å². The molecule has 17 heavy (non-hydrogen) atoms. The van der Waals surface area contributed by atoms with Gasteiger partial charge in [-0.25, -0.2) is 0 Å². The Bertz CT molecular complexity index is 396. The van der Waals surface area contributed by atoms with E-state index in [1.165, 1.54) is 0 Å². The summed E-state index contributed by atoms with van der Waals surface area (Å²) in [5, 5.41) is 17.6. The third-order valence-corrected chi connectivity index (χ3v) is 2.23. The normalized spacial score (nSPS) is 9.47. The molecule has 94 valence electrons. The topological polar surface area (TPSA) is 74.6 Å². The molecule has 1 rings (SSSR count). The summed E-state index contributed by atoms with van der Waals surface area (Å²) in [5.41, 5.74) is 2.00. The molecule has 4 heteroatoms. The van der Waals surface area contributed by atoms with Crippen molar-refractivity contribution in [2.45, 2.75) is 33.6 Å². The molecule has 0 aliphatic rings. The molecule has 1 aromatic rings. The van der Waals surface area contributed by atoms with E-state index < -0.39 is 17.9 Å². The van der Waals surface area contributed by atoms with E-state index in [0.717, 1.165) is 5.56 Å². The predicted molar refractivity (Wildman–Crippen MR) is 65.3 cm³/mol. The van der Waals surface area contributed by atoms with Gasteiger partial charge in [-0.1, -0.05) is 37.6 Å². The van der Waals surface area contributed by atoms with Crippen LogP contribution in [0.3, 0.4) is 0 Å². The summed E-state index contributed by atoms with van der Waals surface area (Å²) < 4.78 is 0. The van der Waals surface area contributed by atoms with E-state index in [0.29, 0.717) is 11.1 Å². The van der Waals surface area contributed by atoms with Gasteiger partial charge in [0.1, 0.15) is 0 Å². The van der Waals surface area contributed by atoms with Crippen molar-refractivity contribution in [3.05, 3.63) is 34.9 Å². The number of benzene rings is 1. The highest BCUT2D eigenvalue weighted by Crippen LogP contribution is 2.21. The Morgan fingerprint density at radius 2 is 1.53 bits per heavy atom. The van der Waals surface area contributed by atoms with Gasteiger partial charge in [-0.2, -0.15) is 0 Å². The zero-order valence-corrected chi connectivity index (χ0v) is 10.5. The van der Waals surface area contributed by atoms with Crippen LogP contribution in [0.15, 0.2) is 18.2 Å². The molecule has 0 unspecified atom stereocenters. The molecule has 0 aliphatic carbocycles. The monoisotopic (exact) mass is 238 g/mol. The molecule has 4 nitrogen and oxygen atoms in total. The lowest BCUT2D eigenvalue weighted by atomic mass is 9.94. The van der Waals surface area contributed by atoms with Gasteiger partial charge in [0.25, 0.3) is 0 Å². The first kappa shape index (κ1) is 15.2. The molecular weight excluding hydrogens is 220 g/mol. The first-order chi connectivity index (χ1) is 7.93. The van der Waals surface area contributed by atoms with Gasteiger partial charge < -0.3 is 10.2 Å². The molecule has 1 aromatic carbocycles. The highest BCUT2D eigenvalue weighted by Gasteiger charge is 2.28. The van der Waals surface area contributed by atoms with Gasteiger partial charge in [0.2, 0.25) is 0 Å². The fourth-order valence-corrected chi connectivity index (χ4v) is 1.52. The summed E-state index contributed by atoms with van der Waals surface area (Å²) in [7, 11) is 0. The highest BCUT2D eigenvalue weighted by molar-refractivity contribution is 5.99. The predicted octanol–water partition coefficient (Wildman–Crippen LogP) is 2.58. The molecule has 0 amide bonds. The van der Waals surface area contributed by atoms with Crippen LogP contribution in [-0.2, 0) is 9.59 Å². The van der Waals surface area contributed by atoms with E-state index in [1.54, 1.807) is 25.1 Å². The first-order valence-electron chi connectivity index (χ1n) is 5.46. The number of hydrogen-bond acceptors (Lipinski definition) is 2. The van der Waals surface area contributed by atoms with Crippen LogP contribution in [0.4, 0.5) is 0 Å². The Hall–Kier alpha value is -1.84. The average molecular weight is 238 g/mol. The molecular formula is C13H18O4. The maximum atomic E-state index is 10.8. The maximum Gasteiger partial charge on any atom is 0.322 e. The van der Waals surface area contributed by atoms with Crippen molar-refractivity contribution in [2.24, 2.45) is 0 Å². The van der Waals surface area contributed by atoms with Crippen LogP contribution >= 0.6 is 0 Å². The summed E-state index contributed by atoms with van der Waals surface area (Å²) in [5.74, 6) is -4.16. The van der Waals surface area contributed by atoms with E-state index in [-0.39, 0.29) is 0 Å². The van der Waals surface area contributed by atoms with Gasteiger partial charge >= 0.3 is 11.9 Å². The quantitative estimate of drug-likeness (QED) is 0.794. The zero-order chi connectivity index (χ0) is 13.6. The van der Waals surface area contributed by atoms with Crippen LogP contribution in [0, 0.1) is 13.8 Å². The van der Waals surface area contributed by atoms with Crippen molar-refractivity contribution >= 4 is 11.9 Å². The second kappa shape index (κ2) is 6.68. The third kappa shape index (κ3) is 3.90. The smallest absolute Gasteiger partial charge is 0.322 e. The molecule has 0 saturated carbocycles. The van der Waals surface area contributed by atoms with Crippen molar-refractivity contribution in [3.8, 4) is 0 Å². The summed E-state index contributed by atoms with van der Waals surface area (Å²) >= 11 is 0. The Kier molecular flexibility index (Phi) is 5.96. The SMILES string of the molecule is CC.Cc1ccc(C(C(=O)O)C(=O)O)c(C)c1. The van der Waals surface area contributed by atoms with Crippen LogP contribution in [-0.4, -0.2) is 22.2 Å². The molecule has 0 spiro atoms. The minimum absolute atomic E-state index is 0.334. The van der Waals surface area contributed by atoms with Crippen molar-refractivity contribution in [1.82, 2.24) is 0 Å². The average Bonchev–Trinajstić information content (AvgIpc) is 2.24. The van der Waals surface area contributed by atoms with Crippen molar-refractivity contribution in [1.29, 1.82) is 0 Å². The van der Waals surface area contributed by atoms with Crippen LogP contribution < -0.4 is 0 Å². The fraction of sp³-hybridized carbons (Fsp3) is 0.385. The number of carboxylic acid groups (broad SMARTS) is 2. The van der Waals surface area contributed by atoms with Gasteiger partial charge in [-0.3, -0.25) is 9.59 Å². The Labute approximate surface area is 101 Å². The third-order valence-electron chi connectivity index (χ3n) is 2.23. The number of aryl methyl sites for hydroxylation is 2. The van der Waals surface area contributed by atoms with Crippen LogP contribution in [0.1, 0.15) is 36.5 Å². The van der Waals surface area contributed by atoms with E-state index in [9.17, 15) is 9.59 Å². The lowest BCUT2D eigenvalue weighted by Gasteiger charge is -2.11. The minimum Gasteiger partial charge on any atom is -0.480 e.